The van der Waals surface area contributed by atoms with Gasteiger partial charge in [0.15, 0.2) is 0 Å². The smallest absolute Gasteiger partial charge is 0.331 e. The second kappa shape index (κ2) is 8.26. The SMILES string of the molecule is CCCCC1C(=O)NC(=O)N(C2CCC(OC(=O)CC)CC2)C1=O. The van der Waals surface area contributed by atoms with E-state index in [4.69, 9.17) is 4.74 Å². The van der Waals surface area contributed by atoms with Crippen LogP contribution in [0.3, 0.4) is 0 Å². The lowest BCUT2D eigenvalue weighted by molar-refractivity contribution is -0.153. The maximum Gasteiger partial charge on any atom is 0.331 e. The number of unbranched alkanes of at least 4 members (excludes halogenated alkanes) is 1. The van der Waals surface area contributed by atoms with E-state index in [-0.39, 0.29) is 24.0 Å². The number of urea groups is 1. The Morgan fingerprint density at radius 2 is 1.83 bits per heavy atom. The molecule has 1 heterocycles. The van der Waals surface area contributed by atoms with Crippen LogP contribution >= 0.6 is 0 Å². The zero-order valence-electron chi connectivity index (χ0n) is 14.4. The first-order valence-electron chi connectivity index (χ1n) is 8.85. The van der Waals surface area contributed by atoms with E-state index in [1.807, 2.05) is 6.92 Å². The van der Waals surface area contributed by atoms with Gasteiger partial charge in [-0.05, 0) is 32.1 Å². The number of imide groups is 2. The molecule has 2 aliphatic rings. The fourth-order valence-corrected chi connectivity index (χ4v) is 3.33. The Hall–Kier alpha value is -1.92. The lowest BCUT2D eigenvalue weighted by atomic mass is 9.89. The Balaban J connectivity index is 1.97. The number of amides is 4. The monoisotopic (exact) mass is 338 g/mol. The minimum atomic E-state index is -0.765. The van der Waals surface area contributed by atoms with Crippen molar-refractivity contribution in [2.24, 2.45) is 5.92 Å². The quantitative estimate of drug-likeness (QED) is 0.591. The van der Waals surface area contributed by atoms with Gasteiger partial charge < -0.3 is 4.74 Å². The second-order valence-corrected chi connectivity index (χ2v) is 6.47. The van der Waals surface area contributed by atoms with Crippen LogP contribution in [-0.4, -0.2) is 40.9 Å². The number of carbonyl (C=O) groups is 4. The number of ether oxygens (including phenoxy) is 1. The molecule has 1 N–H and O–H groups in total. The summed E-state index contributed by atoms with van der Waals surface area (Å²) >= 11 is 0. The van der Waals surface area contributed by atoms with Gasteiger partial charge in [0.05, 0.1) is 0 Å². The molecule has 1 aliphatic heterocycles. The number of hydrogen-bond acceptors (Lipinski definition) is 5. The molecular formula is C17H26N2O5. The standard InChI is InChI=1S/C17H26N2O5/c1-3-5-6-13-15(21)18-17(23)19(16(13)22)11-7-9-12(10-8-11)24-14(20)4-2/h11-13H,3-10H2,1-2H3,(H,18,21,23). The summed E-state index contributed by atoms with van der Waals surface area (Å²) in [6, 6.07) is -0.849. The Kier molecular flexibility index (Phi) is 6.34. The molecule has 0 radical (unpaired) electrons. The normalized spacial score (nSPS) is 27.8. The molecule has 7 heteroatoms. The van der Waals surface area contributed by atoms with Gasteiger partial charge >= 0.3 is 12.0 Å². The zero-order chi connectivity index (χ0) is 17.7. The van der Waals surface area contributed by atoms with Gasteiger partial charge in [-0.25, -0.2) is 4.79 Å². The second-order valence-electron chi connectivity index (χ2n) is 6.47. The Bertz CT molecular complexity index is 511. The van der Waals surface area contributed by atoms with E-state index in [1.54, 1.807) is 6.92 Å². The van der Waals surface area contributed by atoms with Crippen molar-refractivity contribution in [1.29, 1.82) is 0 Å². The van der Waals surface area contributed by atoms with E-state index < -0.39 is 17.9 Å². The summed E-state index contributed by atoms with van der Waals surface area (Å²) in [5.41, 5.74) is 0. The summed E-state index contributed by atoms with van der Waals surface area (Å²) in [7, 11) is 0. The molecule has 0 aromatic carbocycles. The van der Waals surface area contributed by atoms with Gasteiger partial charge in [0.25, 0.3) is 0 Å². The predicted octanol–water partition coefficient (Wildman–Crippen LogP) is 2.14. The van der Waals surface area contributed by atoms with Gasteiger partial charge in [0, 0.05) is 12.5 Å². The summed E-state index contributed by atoms with van der Waals surface area (Å²) in [4.78, 5) is 49.2. The van der Waals surface area contributed by atoms with Crippen molar-refractivity contribution in [2.45, 2.75) is 77.4 Å². The summed E-state index contributed by atoms with van der Waals surface area (Å²) in [5.74, 6) is -1.86. The highest BCUT2D eigenvalue weighted by atomic mass is 16.5. The molecule has 7 nitrogen and oxygen atoms in total. The summed E-state index contributed by atoms with van der Waals surface area (Å²) in [6.07, 6.45) is 4.76. The number of hydrogen-bond donors (Lipinski definition) is 1. The maximum atomic E-state index is 12.6. The lowest BCUT2D eigenvalue weighted by Gasteiger charge is -2.39. The molecule has 1 unspecified atom stereocenters. The van der Waals surface area contributed by atoms with E-state index in [2.05, 4.69) is 5.32 Å². The number of esters is 1. The van der Waals surface area contributed by atoms with E-state index in [0.29, 0.717) is 38.5 Å². The minimum Gasteiger partial charge on any atom is -0.462 e. The minimum absolute atomic E-state index is 0.144. The molecular weight excluding hydrogens is 312 g/mol. The highest BCUT2D eigenvalue weighted by Gasteiger charge is 2.44. The number of barbiturate groups is 1. The first kappa shape index (κ1) is 18.4. The van der Waals surface area contributed by atoms with E-state index in [0.717, 1.165) is 12.8 Å². The maximum absolute atomic E-state index is 12.6. The molecule has 0 aromatic rings. The van der Waals surface area contributed by atoms with Crippen LogP contribution in [0.2, 0.25) is 0 Å². The molecule has 0 bridgehead atoms. The van der Waals surface area contributed by atoms with Gasteiger partial charge in [0.2, 0.25) is 11.8 Å². The molecule has 0 spiro atoms. The van der Waals surface area contributed by atoms with Crippen LogP contribution in [0.1, 0.15) is 65.2 Å². The summed E-state index contributed by atoms with van der Waals surface area (Å²) in [5, 5.41) is 2.31. The van der Waals surface area contributed by atoms with Crippen LogP contribution in [0.5, 0.6) is 0 Å². The van der Waals surface area contributed by atoms with Crippen LogP contribution in [0.4, 0.5) is 4.79 Å². The van der Waals surface area contributed by atoms with Crippen molar-refractivity contribution in [2.75, 3.05) is 0 Å². The number of nitrogens with one attached hydrogen (secondary N) is 1. The van der Waals surface area contributed by atoms with Crippen LogP contribution in [0.15, 0.2) is 0 Å². The summed E-state index contributed by atoms with van der Waals surface area (Å²) < 4.78 is 5.32. The topological polar surface area (TPSA) is 92.8 Å². The van der Waals surface area contributed by atoms with Crippen molar-refractivity contribution in [3.63, 3.8) is 0 Å². The Morgan fingerprint density at radius 1 is 1.17 bits per heavy atom. The van der Waals surface area contributed by atoms with E-state index in [1.165, 1.54) is 4.90 Å². The molecule has 24 heavy (non-hydrogen) atoms. The molecule has 1 aliphatic carbocycles. The lowest BCUT2D eigenvalue weighted by Crippen LogP contribution is -2.61. The van der Waals surface area contributed by atoms with Crippen molar-refractivity contribution >= 4 is 23.8 Å². The number of nitrogens with zero attached hydrogens (tertiary/aromatic N) is 1. The molecule has 134 valence electrons. The van der Waals surface area contributed by atoms with Crippen LogP contribution in [0, 0.1) is 5.92 Å². The van der Waals surface area contributed by atoms with Crippen molar-refractivity contribution in [3.05, 3.63) is 0 Å². The van der Waals surface area contributed by atoms with Gasteiger partial charge in [-0.15, -0.1) is 0 Å². The van der Waals surface area contributed by atoms with Gasteiger partial charge in [-0.2, -0.15) is 0 Å². The number of rotatable bonds is 6. The van der Waals surface area contributed by atoms with Crippen LogP contribution in [-0.2, 0) is 19.1 Å². The molecule has 1 saturated carbocycles. The average molecular weight is 338 g/mol. The molecule has 2 fully saturated rings. The first-order valence-corrected chi connectivity index (χ1v) is 8.85. The van der Waals surface area contributed by atoms with Crippen molar-refractivity contribution in [3.8, 4) is 0 Å². The summed E-state index contributed by atoms with van der Waals surface area (Å²) in [6.45, 7) is 3.74. The largest absolute Gasteiger partial charge is 0.462 e. The third-order valence-corrected chi connectivity index (χ3v) is 4.74. The highest BCUT2D eigenvalue weighted by Crippen LogP contribution is 2.29. The Labute approximate surface area is 142 Å². The fraction of sp³-hybridized carbons (Fsp3) is 0.765. The van der Waals surface area contributed by atoms with Gasteiger partial charge in [0.1, 0.15) is 12.0 Å². The molecule has 1 saturated heterocycles. The third kappa shape index (κ3) is 4.13. The molecule has 0 aromatic heterocycles. The average Bonchev–Trinajstić information content (AvgIpc) is 2.56. The van der Waals surface area contributed by atoms with Crippen LogP contribution < -0.4 is 5.32 Å². The van der Waals surface area contributed by atoms with Gasteiger partial charge in [-0.1, -0.05) is 26.7 Å². The van der Waals surface area contributed by atoms with Crippen LogP contribution in [0.25, 0.3) is 0 Å². The van der Waals surface area contributed by atoms with E-state index in [9.17, 15) is 19.2 Å². The van der Waals surface area contributed by atoms with E-state index >= 15 is 0 Å². The highest BCUT2D eigenvalue weighted by molar-refractivity contribution is 6.16. The first-order chi connectivity index (χ1) is 11.5. The van der Waals surface area contributed by atoms with Gasteiger partial charge in [-0.3, -0.25) is 24.6 Å². The zero-order valence-corrected chi connectivity index (χ0v) is 14.4. The predicted molar refractivity (Wildman–Crippen MR) is 85.8 cm³/mol. The van der Waals surface area contributed by atoms with Crippen molar-refractivity contribution in [1.82, 2.24) is 10.2 Å². The molecule has 4 amide bonds. The third-order valence-electron chi connectivity index (χ3n) is 4.74. The molecule has 1 atom stereocenters. The number of carbonyl (C=O) groups excluding carboxylic acids is 4. The molecule has 2 rings (SSSR count). The Morgan fingerprint density at radius 3 is 2.42 bits per heavy atom. The van der Waals surface area contributed by atoms with Crippen molar-refractivity contribution < 1.29 is 23.9 Å². The fourth-order valence-electron chi connectivity index (χ4n) is 3.33.